The second-order valence-corrected chi connectivity index (χ2v) is 9.45. The SMILES string of the molecule is COc1ccc(CCNC(=O)COC(=O)c2cccc(S(=O)(=O)N3CCCCC3)c2)cc1. The van der Waals surface area contributed by atoms with Gasteiger partial charge in [-0.05, 0) is 55.2 Å². The van der Waals surface area contributed by atoms with Gasteiger partial charge in [0, 0.05) is 19.6 Å². The molecule has 1 amide bonds. The van der Waals surface area contributed by atoms with Gasteiger partial charge in [-0.1, -0.05) is 24.6 Å². The van der Waals surface area contributed by atoms with Crippen molar-refractivity contribution in [1.82, 2.24) is 9.62 Å². The number of carbonyl (C=O) groups excluding carboxylic acids is 2. The molecular weight excluding hydrogens is 432 g/mol. The molecule has 1 fully saturated rings. The summed E-state index contributed by atoms with van der Waals surface area (Å²) >= 11 is 0. The Bertz CT molecular complexity index is 1030. The molecule has 1 aliphatic heterocycles. The first-order chi connectivity index (χ1) is 15.4. The third kappa shape index (κ3) is 6.30. The van der Waals surface area contributed by atoms with Gasteiger partial charge >= 0.3 is 5.97 Å². The van der Waals surface area contributed by atoms with E-state index in [0.717, 1.165) is 30.6 Å². The van der Waals surface area contributed by atoms with Gasteiger partial charge in [-0.3, -0.25) is 4.79 Å². The first-order valence-corrected chi connectivity index (χ1v) is 12.0. The minimum atomic E-state index is -3.65. The molecule has 1 saturated heterocycles. The van der Waals surface area contributed by atoms with Crippen molar-refractivity contribution in [2.45, 2.75) is 30.6 Å². The smallest absolute Gasteiger partial charge is 0.338 e. The number of benzene rings is 2. The van der Waals surface area contributed by atoms with Crippen LogP contribution in [-0.2, 0) is 26.0 Å². The molecule has 1 heterocycles. The van der Waals surface area contributed by atoms with Gasteiger partial charge in [0.25, 0.3) is 5.91 Å². The number of esters is 1. The number of piperidine rings is 1. The minimum Gasteiger partial charge on any atom is -0.497 e. The average Bonchev–Trinajstić information content (AvgIpc) is 2.83. The van der Waals surface area contributed by atoms with Crippen molar-refractivity contribution in [3.63, 3.8) is 0 Å². The summed E-state index contributed by atoms with van der Waals surface area (Å²) in [6.45, 7) is 0.915. The van der Waals surface area contributed by atoms with Gasteiger partial charge in [-0.25, -0.2) is 13.2 Å². The second-order valence-electron chi connectivity index (χ2n) is 7.52. The molecule has 2 aromatic rings. The Kier molecular flexibility index (Phi) is 8.24. The summed E-state index contributed by atoms with van der Waals surface area (Å²) < 4.78 is 37.2. The topological polar surface area (TPSA) is 102 Å². The summed E-state index contributed by atoms with van der Waals surface area (Å²) in [7, 11) is -2.06. The average molecular weight is 461 g/mol. The maximum absolute atomic E-state index is 12.8. The molecule has 0 bridgehead atoms. The van der Waals surface area contributed by atoms with E-state index in [1.807, 2.05) is 24.3 Å². The summed E-state index contributed by atoms with van der Waals surface area (Å²) in [5, 5.41) is 2.70. The van der Waals surface area contributed by atoms with Gasteiger partial charge < -0.3 is 14.8 Å². The lowest BCUT2D eigenvalue weighted by atomic mass is 10.1. The summed E-state index contributed by atoms with van der Waals surface area (Å²) in [4.78, 5) is 24.4. The van der Waals surface area contributed by atoms with E-state index in [9.17, 15) is 18.0 Å². The molecule has 172 valence electrons. The molecule has 0 unspecified atom stereocenters. The van der Waals surface area contributed by atoms with Crippen LogP contribution in [0.2, 0.25) is 0 Å². The van der Waals surface area contributed by atoms with Crippen molar-refractivity contribution < 1.29 is 27.5 Å². The summed E-state index contributed by atoms with van der Waals surface area (Å²) in [6.07, 6.45) is 3.30. The number of rotatable bonds is 9. The normalized spacial score (nSPS) is 14.5. The van der Waals surface area contributed by atoms with Crippen LogP contribution in [0.25, 0.3) is 0 Å². The summed E-state index contributed by atoms with van der Waals surface area (Å²) in [6, 6.07) is 13.3. The monoisotopic (exact) mass is 460 g/mol. The van der Waals surface area contributed by atoms with Gasteiger partial charge in [0.15, 0.2) is 6.61 Å². The van der Waals surface area contributed by atoms with Crippen LogP contribution in [0, 0.1) is 0 Å². The van der Waals surface area contributed by atoms with Crippen LogP contribution in [-0.4, -0.2) is 58.0 Å². The van der Waals surface area contributed by atoms with Crippen LogP contribution >= 0.6 is 0 Å². The zero-order chi connectivity index (χ0) is 23.0. The van der Waals surface area contributed by atoms with E-state index in [0.29, 0.717) is 26.1 Å². The van der Waals surface area contributed by atoms with Crippen molar-refractivity contribution in [3.05, 3.63) is 59.7 Å². The Morgan fingerprint density at radius 2 is 1.75 bits per heavy atom. The van der Waals surface area contributed by atoms with Gasteiger partial charge in [-0.15, -0.1) is 0 Å². The van der Waals surface area contributed by atoms with Gasteiger partial charge in [-0.2, -0.15) is 4.31 Å². The zero-order valence-electron chi connectivity index (χ0n) is 18.1. The molecule has 0 aliphatic carbocycles. The number of carbonyl (C=O) groups is 2. The molecule has 0 spiro atoms. The largest absolute Gasteiger partial charge is 0.497 e. The third-order valence-electron chi connectivity index (χ3n) is 5.25. The lowest BCUT2D eigenvalue weighted by Crippen LogP contribution is -2.35. The molecule has 0 aromatic heterocycles. The van der Waals surface area contributed by atoms with Crippen molar-refractivity contribution in [3.8, 4) is 5.75 Å². The van der Waals surface area contributed by atoms with E-state index in [4.69, 9.17) is 9.47 Å². The summed E-state index contributed by atoms with van der Waals surface area (Å²) in [5.41, 5.74) is 1.13. The molecule has 3 rings (SSSR count). The van der Waals surface area contributed by atoms with E-state index in [2.05, 4.69) is 5.32 Å². The third-order valence-corrected chi connectivity index (χ3v) is 7.15. The number of methoxy groups -OCH3 is 1. The van der Waals surface area contributed by atoms with Crippen LogP contribution in [0.4, 0.5) is 0 Å². The Balaban J connectivity index is 1.49. The molecule has 1 aliphatic rings. The fraction of sp³-hybridized carbons (Fsp3) is 0.391. The molecule has 32 heavy (non-hydrogen) atoms. The van der Waals surface area contributed by atoms with E-state index in [1.165, 1.54) is 28.6 Å². The van der Waals surface area contributed by atoms with E-state index in [-0.39, 0.29) is 10.5 Å². The van der Waals surface area contributed by atoms with Gasteiger partial charge in [0.1, 0.15) is 5.75 Å². The molecule has 0 radical (unpaired) electrons. The number of hydrogen-bond acceptors (Lipinski definition) is 6. The second kappa shape index (κ2) is 11.1. The van der Waals surface area contributed by atoms with Gasteiger partial charge in [0.2, 0.25) is 10.0 Å². The fourth-order valence-electron chi connectivity index (χ4n) is 3.44. The highest BCUT2D eigenvalue weighted by molar-refractivity contribution is 7.89. The predicted molar refractivity (Wildman–Crippen MR) is 119 cm³/mol. The predicted octanol–water partition coefficient (Wildman–Crippen LogP) is 2.39. The maximum atomic E-state index is 12.8. The van der Waals surface area contributed by atoms with Crippen molar-refractivity contribution in [1.29, 1.82) is 0 Å². The van der Waals surface area contributed by atoms with Crippen LogP contribution in [0.5, 0.6) is 5.75 Å². The van der Waals surface area contributed by atoms with Crippen LogP contribution < -0.4 is 10.1 Å². The van der Waals surface area contributed by atoms with Crippen LogP contribution in [0.3, 0.4) is 0 Å². The Morgan fingerprint density at radius 3 is 2.44 bits per heavy atom. The van der Waals surface area contributed by atoms with Gasteiger partial charge in [0.05, 0.1) is 17.6 Å². The number of sulfonamides is 1. The number of amides is 1. The van der Waals surface area contributed by atoms with Crippen molar-refractivity contribution in [2.24, 2.45) is 0 Å². The van der Waals surface area contributed by atoms with Crippen molar-refractivity contribution >= 4 is 21.9 Å². The zero-order valence-corrected chi connectivity index (χ0v) is 18.9. The molecule has 1 N–H and O–H groups in total. The minimum absolute atomic E-state index is 0.0535. The molecule has 2 aromatic carbocycles. The Morgan fingerprint density at radius 1 is 1.03 bits per heavy atom. The number of hydrogen-bond donors (Lipinski definition) is 1. The first-order valence-electron chi connectivity index (χ1n) is 10.6. The number of nitrogens with zero attached hydrogens (tertiary/aromatic N) is 1. The fourth-order valence-corrected chi connectivity index (χ4v) is 5.01. The first kappa shape index (κ1) is 23.7. The highest BCUT2D eigenvalue weighted by Crippen LogP contribution is 2.21. The number of ether oxygens (including phenoxy) is 2. The standard InChI is InChI=1S/C23H28N2O6S/c1-30-20-10-8-18(9-11-20)12-13-24-22(26)17-31-23(27)19-6-5-7-21(16-19)32(28,29)25-14-3-2-4-15-25/h5-11,16H,2-4,12-15,17H2,1H3,(H,24,26). The highest BCUT2D eigenvalue weighted by Gasteiger charge is 2.26. The molecule has 0 saturated carbocycles. The van der Waals surface area contributed by atoms with E-state index >= 15 is 0 Å². The quantitative estimate of drug-likeness (QED) is 0.577. The molecule has 8 nitrogen and oxygen atoms in total. The molecule has 0 atom stereocenters. The van der Waals surface area contributed by atoms with Crippen LogP contribution in [0.1, 0.15) is 35.2 Å². The lowest BCUT2D eigenvalue weighted by Gasteiger charge is -2.25. The molecular formula is C23H28N2O6S. The highest BCUT2D eigenvalue weighted by atomic mass is 32.2. The lowest BCUT2D eigenvalue weighted by molar-refractivity contribution is -0.124. The maximum Gasteiger partial charge on any atom is 0.338 e. The van der Waals surface area contributed by atoms with Crippen molar-refractivity contribution in [2.75, 3.05) is 33.4 Å². The molecule has 9 heteroatoms. The van der Waals surface area contributed by atoms with E-state index in [1.54, 1.807) is 7.11 Å². The summed E-state index contributed by atoms with van der Waals surface area (Å²) in [5.74, 6) is -0.410. The van der Waals surface area contributed by atoms with Crippen LogP contribution in [0.15, 0.2) is 53.4 Å². The van der Waals surface area contributed by atoms with E-state index < -0.39 is 28.5 Å². The Hall–Kier alpha value is -2.91. The Labute approximate surface area is 188 Å². The number of nitrogens with one attached hydrogen (secondary N) is 1.